The van der Waals surface area contributed by atoms with Crippen molar-refractivity contribution in [3.8, 4) is 11.3 Å². The summed E-state index contributed by atoms with van der Waals surface area (Å²) in [4.78, 5) is 27.5. The van der Waals surface area contributed by atoms with Crippen LogP contribution in [-0.2, 0) is 20.7 Å². The Labute approximate surface area is 149 Å². The molecule has 0 saturated carbocycles. The molecule has 0 aliphatic heterocycles. The van der Waals surface area contributed by atoms with Gasteiger partial charge in [-0.25, -0.2) is 4.98 Å². The molecule has 0 aliphatic rings. The molecule has 1 heterocycles. The Balaban J connectivity index is 1.84. The molecule has 24 heavy (non-hydrogen) atoms. The molecule has 0 spiro atoms. The molecule has 0 saturated heterocycles. The van der Waals surface area contributed by atoms with E-state index < -0.39 is 0 Å². The fourth-order valence-electron chi connectivity index (χ4n) is 1.96. The largest absolute Gasteiger partial charge is 0.465 e. The number of ether oxygens (including phenoxy) is 1. The average Bonchev–Trinajstić information content (AvgIpc) is 3.03. The van der Waals surface area contributed by atoms with Gasteiger partial charge in [-0.3, -0.25) is 9.59 Å². The number of amides is 1. The number of benzene rings is 1. The summed E-state index contributed by atoms with van der Waals surface area (Å²) >= 11 is 2.61. The second-order valence-electron chi connectivity index (χ2n) is 4.93. The lowest BCUT2D eigenvalue weighted by Gasteiger charge is -2.02. The van der Waals surface area contributed by atoms with Gasteiger partial charge in [0.2, 0.25) is 5.91 Å². The number of hydrogen-bond acceptors (Lipinski definition) is 6. The number of thiazole rings is 1. The van der Waals surface area contributed by atoms with E-state index in [2.05, 4.69) is 29.4 Å². The van der Waals surface area contributed by atoms with Crippen molar-refractivity contribution in [1.82, 2.24) is 4.98 Å². The standard InChI is InChI=1S/C17H20N2O3S2/c1-3-12-5-7-13(8-6-12)14-9-24-17(18-14)19-15(20)10-23-11-16(21)22-4-2/h5-9H,3-4,10-11H2,1-2H3,(H,18,19,20). The number of aromatic nitrogens is 1. The minimum atomic E-state index is -0.303. The lowest BCUT2D eigenvalue weighted by atomic mass is 10.1. The van der Waals surface area contributed by atoms with E-state index in [-0.39, 0.29) is 23.4 Å². The highest BCUT2D eigenvalue weighted by molar-refractivity contribution is 8.00. The minimum Gasteiger partial charge on any atom is -0.465 e. The fourth-order valence-corrected chi connectivity index (χ4v) is 3.31. The monoisotopic (exact) mass is 364 g/mol. The third kappa shape index (κ3) is 5.65. The van der Waals surface area contributed by atoms with Crippen molar-refractivity contribution in [2.24, 2.45) is 0 Å². The quantitative estimate of drug-likeness (QED) is 0.725. The highest BCUT2D eigenvalue weighted by atomic mass is 32.2. The molecule has 0 radical (unpaired) electrons. The number of carbonyl (C=O) groups excluding carboxylic acids is 2. The molecule has 1 amide bonds. The van der Waals surface area contributed by atoms with Crippen LogP contribution in [0.1, 0.15) is 19.4 Å². The minimum absolute atomic E-state index is 0.175. The van der Waals surface area contributed by atoms with Crippen molar-refractivity contribution >= 4 is 40.1 Å². The maximum Gasteiger partial charge on any atom is 0.315 e. The smallest absolute Gasteiger partial charge is 0.315 e. The number of thioether (sulfide) groups is 1. The van der Waals surface area contributed by atoms with Crippen molar-refractivity contribution in [1.29, 1.82) is 0 Å². The Bertz CT molecular complexity index is 683. The molecule has 1 aromatic heterocycles. The summed E-state index contributed by atoms with van der Waals surface area (Å²) in [5, 5.41) is 5.24. The van der Waals surface area contributed by atoms with Crippen LogP contribution in [-0.4, -0.2) is 35.0 Å². The normalized spacial score (nSPS) is 10.4. The number of esters is 1. The number of nitrogens with one attached hydrogen (secondary N) is 1. The summed E-state index contributed by atoms with van der Waals surface area (Å²) in [6.07, 6.45) is 1.00. The molecular formula is C17H20N2O3S2. The SMILES string of the molecule is CCOC(=O)CSCC(=O)Nc1nc(-c2ccc(CC)cc2)cs1. The van der Waals surface area contributed by atoms with Crippen LogP contribution in [0.5, 0.6) is 0 Å². The van der Waals surface area contributed by atoms with E-state index in [9.17, 15) is 9.59 Å². The van der Waals surface area contributed by atoms with Crippen LogP contribution >= 0.6 is 23.1 Å². The van der Waals surface area contributed by atoms with Crippen LogP contribution in [0.2, 0.25) is 0 Å². The summed E-state index contributed by atoms with van der Waals surface area (Å²) in [5.74, 6) is -0.110. The van der Waals surface area contributed by atoms with Crippen LogP contribution in [0.3, 0.4) is 0 Å². The lowest BCUT2D eigenvalue weighted by Crippen LogP contribution is -2.16. The van der Waals surface area contributed by atoms with Gasteiger partial charge in [-0.1, -0.05) is 31.2 Å². The van der Waals surface area contributed by atoms with E-state index in [1.165, 1.54) is 28.7 Å². The first kappa shape index (κ1) is 18.5. The van der Waals surface area contributed by atoms with Gasteiger partial charge in [0.05, 0.1) is 23.8 Å². The van der Waals surface area contributed by atoms with Gasteiger partial charge in [0.15, 0.2) is 5.13 Å². The van der Waals surface area contributed by atoms with Gasteiger partial charge < -0.3 is 10.1 Å². The Morgan fingerprint density at radius 2 is 1.96 bits per heavy atom. The number of anilines is 1. The van der Waals surface area contributed by atoms with Gasteiger partial charge in [-0.05, 0) is 18.9 Å². The van der Waals surface area contributed by atoms with Crippen molar-refractivity contribution < 1.29 is 14.3 Å². The highest BCUT2D eigenvalue weighted by Gasteiger charge is 2.10. The average molecular weight is 364 g/mol. The van der Waals surface area contributed by atoms with E-state index in [4.69, 9.17) is 4.74 Å². The van der Waals surface area contributed by atoms with Crippen molar-refractivity contribution in [3.05, 3.63) is 35.2 Å². The second-order valence-corrected chi connectivity index (χ2v) is 6.78. The topological polar surface area (TPSA) is 68.3 Å². The summed E-state index contributed by atoms with van der Waals surface area (Å²) in [6.45, 7) is 4.23. The van der Waals surface area contributed by atoms with E-state index in [1.807, 2.05) is 17.5 Å². The third-order valence-corrected chi connectivity index (χ3v) is 4.83. The molecule has 0 fully saturated rings. The predicted molar refractivity (Wildman–Crippen MR) is 99.5 cm³/mol. The number of carbonyl (C=O) groups is 2. The van der Waals surface area contributed by atoms with Crippen LogP contribution in [0.25, 0.3) is 11.3 Å². The molecule has 7 heteroatoms. The van der Waals surface area contributed by atoms with E-state index >= 15 is 0 Å². The first-order valence-corrected chi connectivity index (χ1v) is 9.73. The number of rotatable bonds is 8. The van der Waals surface area contributed by atoms with Gasteiger partial charge >= 0.3 is 5.97 Å². The molecule has 2 rings (SSSR count). The van der Waals surface area contributed by atoms with Gasteiger partial charge in [0.25, 0.3) is 0 Å². The van der Waals surface area contributed by atoms with Crippen LogP contribution in [0.4, 0.5) is 5.13 Å². The predicted octanol–water partition coefficient (Wildman–Crippen LogP) is 3.61. The molecule has 2 aromatic rings. The highest BCUT2D eigenvalue weighted by Crippen LogP contribution is 2.25. The maximum absolute atomic E-state index is 11.9. The number of aryl methyl sites for hydroxylation is 1. The van der Waals surface area contributed by atoms with Gasteiger partial charge in [0, 0.05) is 10.9 Å². The molecular weight excluding hydrogens is 344 g/mol. The molecule has 1 N–H and O–H groups in total. The van der Waals surface area contributed by atoms with Crippen LogP contribution in [0, 0.1) is 0 Å². The lowest BCUT2D eigenvalue weighted by molar-refractivity contribution is -0.139. The van der Waals surface area contributed by atoms with Gasteiger partial charge in [-0.15, -0.1) is 23.1 Å². The Morgan fingerprint density at radius 1 is 1.21 bits per heavy atom. The fraction of sp³-hybridized carbons (Fsp3) is 0.353. The zero-order valence-electron chi connectivity index (χ0n) is 13.7. The van der Waals surface area contributed by atoms with Gasteiger partial charge in [-0.2, -0.15) is 0 Å². The Kier molecular flexibility index (Phi) is 7.27. The molecule has 0 unspecified atom stereocenters. The van der Waals surface area contributed by atoms with Crippen molar-refractivity contribution in [2.45, 2.75) is 20.3 Å². The van der Waals surface area contributed by atoms with E-state index in [0.29, 0.717) is 11.7 Å². The summed E-state index contributed by atoms with van der Waals surface area (Å²) in [6, 6.07) is 8.24. The molecule has 0 atom stereocenters. The molecule has 1 aromatic carbocycles. The first-order valence-electron chi connectivity index (χ1n) is 7.70. The van der Waals surface area contributed by atoms with Crippen LogP contribution in [0.15, 0.2) is 29.6 Å². The molecule has 0 bridgehead atoms. The Hall–Kier alpha value is -1.86. The summed E-state index contributed by atoms with van der Waals surface area (Å²) in [7, 11) is 0. The maximum atomic E-state index is 11.9. The third-order valence-electron chi connectivity index (χ3n) is 3.17. The van der Waals surface area contributed by atoms with E-state index in [1.54, 1.807) is 6.92 Å². The Morgan fingerprint density at radius 3 is 2.62 bits per heavy atom. The molecule has 128 valence electrons. The zero-order valence-corrected chi connectivity index (χ0v) is 15.3. The van der Waals surface area contributed by atoms with Gasteiger partial charge in [0.1, 0.15) is 0 Å². The number of nitrogens with zero attached hydrogens (tertiary/aromatic N) is 1. The zero-order chi connectivity index (χ0) is 17.4. The molecule has 5 nitrogen and oxygen atoms in total. The summed E-state index contributed by atoms with van der Waals surface area (Å²) in [5.41, 5.74) is 3.15. The van der Waals surface area contributed by atoms with Crippen molar-refractivity contribution in [2.75, 3.05) is 23.4 Å². The first-order chi connectivity index (χ1) is 11.6. The summed E-state index contributed by atoms with van der Waals surface area (Å²) < 4.78 is 4.81. The number of hydrogen-bond donors (Lipinski definition) is 1. The van der Waals surface area contributed by atoms with Crippen molar-refractivity contribution in [3.63, 3.8) is 0 Å². The molecule has 0 aliphatic carbocycles. The van der Waals surface area contributed by atoms with Crippen LogP contribution < -0.4 is 5.32 Å². The second kappa shape index (κ2) is 9.44. The van der Waals surface area contributed by atoms with E-state index in [0.717, 1.165) is 17.7 Å².